The molecule has 0 aliphatic carbocycles. The Kier molecular flexibility index (Phi) is 5.04. The fraction of sp³-hybridized carbons (Fsp3) is 0.0909. The Morgan fingerprint density at radius 1 is 0.964 bits per heavy atom. The molecular weight excluding hydrogens is 370 g/mol. The molecule has 0 aromatic heterocycles. The number of nitrogens with one attached hydrogen (secondary N) is 3. The summed E-state index contributed by atoms with van der Waals surface area (Å²) in [5, 5.41) is 8.99. The number of anilines is 4. The Bertz CT molecular complexity index is 1040. The third-order valence-electron chi connectivity index (χ3n) is 4.40. The average molecular weight is 389 g/mol. The van der Waals surface area contributed by atoms with Gasteiger partial charge < -0.3 is 16.0 Å². The van der Waals surface area contributed by atoms with Crippen molar-refractivity contribution >= 4 is 46.3 Å². The summed E-state index contributed by atoms with van der Waals surface area (Å²) in [7, 11) is 0. The van der Waals surface area contributed by atoms with E-state index >= 15 is 0 Å². The lowest BCUT2D eigenvalue weighted by Crippen LogP contribution is -2.26. The molecule has 0 radical (unpaired) electrons. The van der Waals surface area contributed by atoms with Crippen LogP contribution in [0.1, 0.15) is 17.3 Å². The van der Waals surface area contributed by atoms with Crippen molar-refractivity contribution < 1.29 is 9.59 Å². The first-order valence-electron chi connectivity index (χ1n) is 8.94. The van der Waals surface area contributed by atoms with Crippen molar-refractivity contribution in [3.05, 3.63) is 78.4 Å². The van der Waals surface area contributed by atoms with Gasteiger partial charge in [0.15, 0.2) is 0 Å². The second-order valence-corrected chi connectivity index (χ2v) is 7.83. The van der Waals surface area contributed by atoms with E-state index in [-0.39, 0.29) is 17.1 Å². The predicted octanol–water partition coefficient (Wildman–Crippen LogP) is 5.12. The van der Waals surface area contributed by atoms with Crippen molar-refractivity contribution in [1.82, 2.24) is 0 Å². The van der Waals surface area contributed by atoms with Gasteiger partial charge in [0.1, 0.15) is 0 Å². The lowest BCUT2D eigenvalue weighted by molar-refractivity contribution is -0.115. The molecule has 1 heterocycles. The van der Waals surface area contributed by atoms with Gasteiger partial charge in [0.2, 0.25) is 5.91 Å². The van der Waals surface area contributed by atoms with E-state index < -0.39 is 0 Å². The largest absolute Gasteiger partial charge is 0.354 e. The van der Waals surface area contributed by atoms with E-state index in [2.05, 4.69) is 16.0 Å². The molecule has 1 unspecified atom stereocenters. The van der Waals surface area contributed by atoms with Crippen molar-refractivity contribution in [2.45, 2.75) is 17.1 Å². The molecule has 1 aliphatic heterocycles. The van der Waals surface area contributed by atoms with Crippen LogP contribution >= 0.6 is 11.8 Å². The molecule has 5 nitrogen and oxygen atoms in total. The summed E-state index contributed by atoms with van der Waals surface area (Å²) in [6.45, 7) is 1.86. The van der Waals surface area contributed by atoms with Crippen LogP contribution in [0.2, 0.25) is 0 Å². The van der Waals surface area contributed by atoms with E-state index in [0.29, 0.717) is 16.9 Å². The topological polar surface area (TPSA) is 70.2 Å². The first-order chi connectivity index (χ1) is 13.6. The van der Waals surface area contributed by atoms with Gasteiger partial charge in [-0.3, -0.25) is 9.59 Å². The van der Waals surface area contributed by atoms with Crippen molar-refractivity contribution in [3.8, 4) is 0 Å². The number of carbonyl (C=O) groups excluding carboxylic acids is 2. The minimum Gasteiger partial charge on any atom is -0.354 e. The van der Waals surface area contributed by atoms with E-state index in [0.717, 1.165) is 16.3 Å². The van der Waals surface area contributed by atoms with Gasteiger partial charge in [0.25, 0.3) is 5.91 Å². The molecule has 1 atom stereocenters. The summed E-state index contributed by atoms with van der Waals surface area (Å²) >= 11 is 1.49. The van der Waals surface area contributed by atoms with E-state index in [1.54, 1.807) is 12.1 Å². The number of carbonyl (C=O) groups is 2. The highest BCUT2D eigenvalue weighted by Crippen LogP contribution is 2.36. The zero-order valence-corrected chi connectivity index (χ0v) is 16.0. The second-order valence-electron chi connectivity index (χ2n) is 6.45. The molecule has 0 fully saturated rings. The van der Waals surface area contributed by atoms with E-state index in [4.69, 9.17) is 0 Å². The number of thioether (sulfide) groups is 1. The average Bonchev–Trinajstić information content (AvgIpc) is 2.71. The molecule has 0 spiro atoms. The number of hydrogen-bond donors (Lipinski definition) is 3. The van der Waals surface area contributed by atoms with Crippen LogP contribution in [0.15, 0.2) is 77.7 Å². The Labute approximate surface area is 167 Å². The first-order valence-corrected chi connectivity index (χ1v) is 9.82. The normalized spacial score (nSPS) is 15.3. The van der Waals surface area contributed by atoms with Crippen molar-refractivity contribution in [1.29, 1.82) is 0 Å². The minimum absolute atomic E-state index is 0.0486. The van der Waals surface area contributed by atoms with Crippen molar-refractivity contribution in [3.63, 3.8) is 0 Å². The third-order valence-corrected chi connectivity index (χ3v) is 5.58. The zero-order chi connectivity index (χ0) is 19.5. The van der Waals surface area contributed by atoms with E-state index in [1.807, 2.05) is 67.6 Å². The molecule has 140 valence electrons. The lowest BCUT2D eigenvalue weighted by Gasteiger charge is -2.21. The number of amides is 2. The van der Waals surface area contributed by atoms with Crippen molar-refractivity contribution in [2.75, 3.05) is 16.0 Å². The van der Waals surface area contributed by atoms with Gasteiger partial charge in [-0.1, -0.05) is 30.3 Å². The number of para-hydroxylation sites is 3. The molecule has 6 heteroatoms. The monoisotopic (exact) mass is 389 g/mol. The highest BCUT2D eigenvalue weighted by atomic mass is 32.2. The minimum atomic E-state index is -0.233. The molecule has 1 aliphatic rings. The highest BCUT2D eigenvalue weighted by molar-refractivity contribution is 8.00. The molecule has 3 aromatic rings. The highest BCUT2D eigenvalue weighted by Gasteiger charge is 2.23. The van der Waals surface area contributed by atoms with Crippen LogP contribution in [0, 0.1) is 0 Å². The SMILES string of the molecule is CC1Sc2ccc(C(=O)Nc3ccccc3Nc3ccccc3)cc2NC1=O. The van der Waals surface area contributed by atoms with Crippen LogP contribution < -0.4 is 16.0 Å². The molecule has 3 N–H and O–H groups in total. The summed E-state index contributed by atoms with van der Waals surface area (Å²) < 4.78 is 0. The Morgan fingerprint density at radius 3 is 2.46 bits per heavy atom. The van der Waals surface area contributed by atoms with Crippen LogP contribution in [0.3, 0.4) is 0 Å². The van der Waals surface area contributed by atoms with Crippen LogP contribution in [0.25, 0.3) is 0 Å². The summed E-state index contributed by atoms with van der Waals surface area (Å²) in [6.07, 6.45) is 0. The Hall–Kier alpha value is -3.25. The first kappa shape index (κ1) is 18.1. The fourth-order valence-corrected chi connectivity index (χ4v) is 3.85. The number of hydrogen-bond acceptors (Lipinski definition) is 4. The van der Waals surface area contributed by atoms with Gasteiger partial charge >= 0.3 is 0 Å². The second kappa shape index (κ2) is 7.78. The maximum Gasteiger partial charge on any atom is 0.255 e. The van der Waals surface area contributed by atoms with Gasteiger partial charge in [-0.15, -0.1) is 11.8 Å². The van der Waals surface area contributed by atoms with Crippen LogP contribution in [-0.2, 0) is 4.79 Å². The summed E-state index contributed by atoms with van der Waals surface area (Å²) in [4.78, 5) is 25.7. The van der Waals surface area contributed by atoms with Gasteiger partial charge in [0.05, 0.1) is 22.3 Å². The quantitative estimate of drug-likeness (QED) is 0.580. The van der Waals surface area contributed by atoms with Crippen LogP contribution in [0.4, 0.5) is 22.7 Å². The standard InChI is InChI=1S/C22H19N3O2S/c1-14-21(26)25-19-13-15(11-12-20(19)28-14)22(27)24-18-10-6-5-9-17(18)23-16-7-3-2-4-8-16/h2-14,23H,1H3,(H,24,27)(H,25,26). The number of rotatable bonds is 4. The Morgan fingerprint density at radius 2 is 1.68 bits per heavy atom. The molecule has 2 amide bonds. The van der Waals surface area contributed by atoms with Gasteiger partial charge in [-0.05, 0) is 49.4 Å². The third kappa shape index (κ3) is 3.87. The predicted molar refractivity (Wildman–Crippen MR) is 115 cm³/mol. The molecule has 28 heavy (non-hydrogen) atoms. The molecule has 4 rings (SSSR count). The number of fused-ring (bicyclic) bond motifs is 1. The summed E-state index contributed by atoms with van der Waals surface area (Å²) in [5.74, 6) is -0.282. The van der Waals surface area contributed by atoms with E-state index in [9.17, 15) is 9.59 Å². The van der Waals surface area contributed by atoms with E-state index in [1.165, 1.54) is 11.8 Å². The molecular formula is C22H19N3O2S. The van der Waals surface area contributed by atoms with Gasteiger partial charge in [0, 0.05) is 16.1 Å². The number of benzene rings is 3. The van der Waals surface area contributed by atoms with Gasteiger partial charge in [-0.25, -0.2) is 0 Å². The summed E-state index contributed by atoms with van der Waals surface area (Å²) in [5.41, 5.74) is 3.59. The maximum atomic E-state index is 12.8. The summed E-state index contributed by atoms with van der Waals surface area (Å²) in [6, 6.07) is 22.7. The van der Waals surface area contributed by atoms with Crippen LogP contribution in [0.5, 0.6) is 0 Å². The Balaban J connectivity index is 1.55. The smallest absolute Gasteiger partial charge is 0.255 e. The molecule has 0 bridgehead atoms. The molecule has 0 saturated carbocycles. The van der Waals surface area contributed by atoms with Crippen molar-refractivity contribution in [2.24, 2.45) is 0 Å². The maximum absolute atomic E-state index is 12.8. The van der Waals surface area contributed by atoms with Gasteiger partial charge in [-0.2, -0.15) is 0 Å². The lowest BCUT2D eigenvalue weighted by atomic mass is 10.1. The van der Waals surface area contributed by atoms with Crippen LogP contribution in [-0.4, -0.2) is 17.1 Å². The fourth-order valence-electron chi connectivity index (χ4n) is 2.92. The molecule has 0 saturated heterocycles. The molecule has 3 aromatic carbocycles. The zero-order valence-electron chi connectivity index (χ0n) is 15.2.